The Hall–Kier alpha value is -0.890. The van der Waals surface area contributed by atoms with E-state index in [1.165, 1.54) is 6.42 Å². The molecule has 1 heterocycles. The van der Waals surface area contributed by atoms with Crippen molar-refractivity contribution in [1.82, 2.24) is 0 Å². The summed E-state index contributed by atoms with van der Waals surface area (Å²) in [6.45, 7) is 0.812. The molecule has 0 amide bonds. The summed E-state index contributed by atoms with van der Waals surface area (Å²) in [5.41, 5.74) is 0. The zero-order valence-corrected chi connectivity index (χ0v) is 7.61. The number of carbonyl (C=O) groups is 1. The molecule has 0 saturated carbocycles. The van der Waals surface area contributed by atoms with Crippen molar-refractivity contribution in [2.24, 2.45) is 5.92 Å². The number of rotatable bonds is 1. The second-order valence-corrected chi connectivity index (χ2v) is 3.58. The van der Waals surface area contributed by atoms with Gasteiger partial charge < -0.3 is 4.74 Å². The number of allylic oxidation sites excluding steroid dienone is 3. The highest BCUT2D eigenvalue weighted by Gasteiger charge is 2.27. The van der Waals surface area contributed by atoms with Gasteiger partial charge in [-0.3, -0.25) is 4.79 Å². The van der Waals surface area contributed by atoms with E-state index < -0.39 is 0 Å². The maximum absolute atomic E-state index is 11.5. The number of hydrogen-bond donors (Lipinski definition) is 0. The third-order valence-corrected chi connectivity index (χ3v) is 2.63. The van der Waals surface area contributed by atoms with Gasteiger partial charge in [-0.2, -0.15) is 0 Å². The summed E-state index contributed by atoms with van der Waals surface area (Å²) in [5, 5.41) is 0. The van der Waals surface area contributed by atoms with Gasteiger partial charge in [-0.1, -0.05) is 18.2 Å². The average molecular weight is 178 g/mol. The maximum atomic E-state index is 11.5. The van der Waals surface area contributed by atoms with E-state index in [9.17, 15) is 4.79 Å². The lowest BCUT2D eigenvalue weighted by molar-refractivity contribution is -0.122. The second-order valence-electron chi connectivity index (χ2n) is 3.58. The molecule has 1 saturated heterocycles. The summed E-state index contributed by atoms with van der Waals surface area (Å²) in [7, 11) is 0. The SMILES string of the molecule is O=C1C=CC=CC1C1CCCCO1. The van der Waals surface area contributed by atoms with Crippen molar-refractivity contribution in [3.05, 3.63) is 24.3 Å². The highest BCUT2D eigenvalue weighted by Crippen LogP contribution is 2.23. The van der Waals surface area contributed by atoms with Gasteiger partial charge in [-0.15, -0.1) is 0 Å². The fourth-order valence-electron chi connectivity index (χ4n) is 1.90. The lowest BCUT2D eigenvalue weighted by atomic mass is 9.89. The van der Waals surface area contributed by atoms with Crippen molar-refractivity contribution < 1.29 is 9.53 Å². The second kappa shape index (κ2) is 3.88. The Bertz CT molecular complexity index is 247. The topological polar surface area (TPSA) is 26.3 Å². The molecule has 2 aliphatic rings. The summed E-state index contributed by atoms with van der Waals surface area (Å²) in [6.07, 6.45) is 10.8. The lowest BCUT2D eigenvalue weighted by Crippen LogP contribution is -2.32. The molecule has 0 aromatic heterocycles. The first-order valence-corrected chi connectivity index (χ1v) is 4.88. The Morgan fingerprint density at radius 3 is 2.92 bits per heavy atom. The van der Waals surface area contributed by atoms with Crippen LogP contribution in [0.4, 0.5) is 0 Å². The van der Waals surface area contributed by atoms with Gasteiger partial charge in [0.1, 0.15) is 0 Å². The van der Waals surface area contributed by atoms with E-state index >= 15 is 0 Å². The van der Waals surface area contributed by atoms with Crippen molar-refractivity contribution >= 4 is 5.78 Å². The first-order chi connectivity index (χ1) is 6.38. The first kappa shape index (κ1) is 8.70. The molecule has 0 aromatic rings. The highest BCUT2D eigenvalue weighted by molar-refractivity contribution is 5.94. The number of ether oxygens (including phenoxy) is 1. The largest absolute Gasteiger partial charge is 0.377 e. The lowest BCUT2D eigenvalue weighted by Gasteiger charge is -2.27. The van der Waals surface area contributed by atoms with Crippen LogP contribution < -0.4 is 0 Å². The molecule has 1 aliphatic carbocycles. The van der Waals surface area contributed by atoms with Gasteiger partial charge in [-0.25, -0.2) is 0 Å². The fourth-order valence-corrected chi connectivity index (χ4v) is 1.90. The average Bonchev–Trinajstić information content (AvgIpc) is 2.20. The van der Waals surface area contributed by atoms with Crippen molar-refractivity contribution in [2.45, 2.75) is 25.4 Å². The fraction of sp³-hybridized carbons (Fsp3) is 0.545. The van der Waals surface area contributed by atoms with Gasteiger partial charge in [0.15, 0.2) is 5.78 Å². The van der Waals surface area contributed by atoms with Crippen LogP contribution in [-0.2, 0) is 9.53 Å². The number of hydrogen-bond acceptors (Lipinski definition) is 2. The van der Waals surface area contributed by atoms with Crippen LogP contribution in [0, 0.1) is 5.92 Å². The zero-order valence-electron chi connectivity index (χ0n) is 7.61. The van der Waals surface area contributed by atoms with E-state index in [2.05, 4.69) is 0 Å². The smallest absolute Gasteiger partial charge is 0.165 e. The predicted molar refractivity (Wildman–Crippen MR) is 50.4 cm³/mol. The van der Waals surface area contributed by atoms with E-state index in [1.54, 1.807) is 12.2 Å². The molecular formula is C11H14O2. The summed E-state index contributed by atoms with van der Waals surface area (Å²) in [4.78, 5) is 11.5. The molecule has 2 nitrogen and oxygen atoms in total. The zero-order chi connectivity index (χ0) is 9.10. The van der Waals surface area contributed by atoms with Crippen molar-refractivity contribution in [3.63, 3.8) is 0 Å². The Morgan fingerprint density at radius 2 is 2.23 bits per heavy atom. The summed E-state index contributed by atoms with van der Waals surface area (Å²) in [5.74, 6) is 0.166. The molecule has 0 radical (unpaired) electrons. The molecule has 2 unspecified atom stereocenters. The Labute approximate surface area is 78.3 Å². The van der Waals surface area contributed by atoms with Gasteiger partial charge in [0.05, 0.1) is 12.0 Å². The van der Waals surface area contributed by atoms with Crippen molar-refractivity contribution in [3.8, 4) is 0 Å². The predicted octanol–water partition coefficient (Wildman–Crippen LogP) is 1.87. The van der Waals surface area contributed by atoms with Crippen LogP contribution in [-0.4, -0.2) is 18.5 Å². The molecule has 0 N–H and O–H groups in total. The molecule has 0 aromatic carbocycles. The number of ketones is 1. The quantitative estimate of drug-likeness (QED) is 0.612. The molecule has 1 aliphatic heterocycles. The van der Waals surface area contributed by atoms with Crippen LogP contribution in [0.1, 0.15) is 19.3 Å². The van der Waals surface area contributed by atoms with Crippen molar-refractivity contribution in [2.75, 3.05) is 6.61 Å². The molecular weight excluding hydrogens is 164 g/mol. The maximum Gasteiger partial charge on any atom is 0.165 e. The van der Waals surface area contributed by atoms with E-state index in [-0.39, 0.29) is 17.8 Å². The monoisotopic (exact) mass is 178 g/mol. The van der Waals surface area contributed by atoms with Gasteiger partial charge in [0, 0.05) is 6.61 Å². The molecule has 2 rings (SSSR count). The molecule has 2 heteroatoms. The minimum atomic E-state index is -0.0229. The van der Waals surface area contributed by atoms with Gasteiger partial charge in [0.25, 0.3) is 0 Å². The summed E-state index contributed by atoms with van der Waals surface area (Å²) < 4.78 is 5.58. The van der Waals surface area contributed by atoms with Crippen LogP contribution in [0.3, 0.4) is 0 Å². The molecule has 0 bridgehead atoms. The van der Waals surface area contributed by atoms with Gasteiger partial charge in [0.2, 0.25) is 0 Å². The van der Waals surface area contributed by atoms with E-state index in [0.717, 1.165) is 19.4 Å². The third-order valence-electron chi connectivity index (χ3n) is 2.63. The van der Waals surface area contributed by atoms with E-state index in [0.29, 0.717) is 0 Å². The minimum Gasteiger partial charge on any atom is -0.377 e. The Balaban J connectivity index is 2.02. The normalized spacial score (nSPS) is 33.7. The molecule has 1 fully saturated rings. The van der Waals surface area contributed by atoms with Crippen LogP contribution >= 0.6 is 0 Å². The van der Waals surface area contributed by atoms with E-state index in [1.807, 2.05) is 12.2 Å². The van der Waals surface area contributed by atoms with Gasteiger partial charge in [-0.05, 0) is 25.3 Å². The van der Waals surface area contributed by atoms with Crippen molar-refractivity contribution in [1.29, 1.82) is 0 Å². The van der Waals surface area contributed by atoms with E-state index in [4.69, 9.17) is 4.74 Å². The third kappa shape index (κ3) is 1.89. The molecule has 70 valence electrons. The van der Waals surface area contributed by atoms with Crippen LogP contribution in [0.15, 0.2) is 24.3 Å². The van der Waals surface area contributed by atoms with Gasteiger partial charge >= 0.3 is 0 Å². The van der Waals surface area contributed by atoms with Crippen LogP contribution in [0.25, 0.3) is 0 Å². The summed E-state index contributed by atoms with van der Waals surface area (Å²) in [6, 6.07) is 0. The first-order valence-electron chi connectivity index (χ1n) is 4.88. The molecule has 0 spiro atoms. The number of carbonyl (C=O) groups excluding carboxylic acids is 1. The Kier molecular flexibility index (Phi) is 2.60. The standard InChI is InChI=1S/C11H14O2/c12-10-6-2-1-5-9(10)11-7-3-4-8-13-11/h1-2,5-6,9,11H,3-4,7-8H2. The van der Waals surface area contributed by atoms with Crippen LogP contribution in [0.2, 0.25) is 0 Å². The Morgan fingerprint density at radius 1 is 1.31 bits per heavy atom. The highest BCUT2D eigenvalue weighted by atomic mass is 16.5. The summed E-state index contributed by atoms with van der Waals surface area (Å²) >= 11 is 0. The van der Waals surface area contributed by atoms with Crippen LogP contribution in [0.5, 0.6) is 0 Å². The minimum absolute atomic E-state index is 0.0229. The molecule has 2 atom stereocenters. The molecule has 13 heavy (non-hydrogen) atoms.